The number of fused-ring (bicyclic) bond motifs is 1. The largest absolute Gasteiger partial charge is 0.465 e. The zero-order valence-corrected chi connectivity index (χ0v) is 17.8. The normalized spacial score (nSPS) is 16.6. The first-order chi connectivity index (χ1) is 13.4. The molecule has 2 aromatic rings. The fraction of sp³-hybridized carbons (Fsp3) is 0.400. The van der Waals surface area contributed by atoms with Crippen LogP contribution < -0.4 is 10.6 Å². The molecule has 0 fully saturated rings. The lowest BCUT2D eigenvalue weighted by atomic mass is 9.81. The van der Waals surface area contributed by atoms with E-state index in [0.717, 1.165) is 10.4 Å². The van der Waals surface area contributed by atoms with E-state index in [9.17, 15) is 19.7 Å². The molecule has 8 nitrogen and oxygen atoms in total. The number of nitrogens with zero attached hydrogens (tertiary/aromatic N) is 1. The lowest BCUT2D eigenvalue weighted by molar-refractivity contribution is -0.789. The number of esters is 1. The van der Waals surface area contributed by atoms with Gasteiger partial charge in [0.05, 0.1) is 28.0 Å². The Morgan fingerprint density at radius 1 is 1.21 bits per heavy atom. The van der Waals surface area contributed by atoms with Gasteiger partial charge in [0.1, 0.15) is 10.5 Å². The number of ether oxygens (including phenoxy) is 1. The fourth-order valence-electron chi connectivity index (χ4n) is 4.02. The third-order valence-corrected chi connectivity index (χ3v) is 6.42. The zero-order valence-electron chi connectivity index (χ0n) is 17.0. The molecule has 1 aliphatic rings. The predicted molar refractivity (Wildman–Crippen MR) is 109 cm³/mol. The number of carbonyl (C=O) groups is 2. The second-order valence-electron chi connectivity index (χ2n) is 8.39. The van der Waals surface area contributed by atoms with Crippen LogP contribution in [0.15, 0.2) is 24.3 Å². The van der Waals surface area contributed by atoms with Crippen molar-refractivity contribution in [3.05, 3.63) is 55.9 Å². The Morgan fingerprint density at radius 2 is 1.83 bits per heavy atom. The smallest absolute Gasteiger partial charge is 0.341 e. The Bertz CT molecular complexity index is 992. The molecule has 1 aliphatic heterocycles. The summed E-state index contributed by atoms with van der Waals surface area (Å²) in [5.74, 6) is -0.931. The molecule has 0 unspecified atom stereocenters. The number of amides is 1. The van der Waals surface area contributed by atoms with Crippen LogP contribution >= 0.6 is 11.3 Å². The maximum Gasteiger partial charge on any atom is 0.341 e. The quantitative estimate of drug-likeness (QED) is 0.450. The van der Waals surface area contributed by atoms with Crippen LogP contribution in [-0.2, 0) is 16.7 Å². The van der Waals surface area contributed by atoms with E-state index in [-0.39, 0.29) is 22.3 Å². The summed E-state index contributed by atoms with van der Waals surface area (Å²) in [6.07, 6.45) is 0.667. The van der Waals surface area contributed by atoms with Crippen molar-refractivity contribution in [2.24, 2.45) is 0 Å². The van der Waals surface area contributed by atoms with Crippen LogP contribution in [0.5, 0.6) is 0 Å². The number of thiophene rings is 1. The third-order valence-electron chi connectivity index (χ3n) is 4.93. The highest BCUT2D eigenvalue weighted by molar-refractivity contribution is 7.17. The van der Waals surface area contributed by atoms with Gasteiger partial charge in [-0.15, -0.1) is 11.3 Å². The number of nitrogens with two attached hydrogens (primary N) is 1. The highest BCUT2D eigenvalue weighted by atomic mass is 32.1. The molecule has 1 aromatic heterocycles. The van der Waals surface area contributed by atoms with Crippen molar-refractivity contribution >= 4 is 33.9 Å². The summed E-state index contributed by atoms with van der Waals surface area (Å²) in [4.78, 5) is 36.6. The SMILES string of the molecule is COC(=O)c1c(NC(=O)c2ccc([N+](=O)[O-])cc2)sc2c1CC(C)(C)[NH2+]C2(C)C. The maximum absolute atomic E-state index is 12.7. The third kappa shape index (κ3) is 4.01. The van der Waals surface area contributed by atoms with Gasteiger partial charge in [-0.2, -0.15) is 0 Å². The molecular weight excluding hydrogens is 394 g/mol. The van der Waals surface area contributed by atoms with Crippen LogP contribution in [0.1, 0.15) is 58.9 Å². The van der Waals surface area contributed by atoms with E-state index in [2.05, 4.69) is 38.3 Å². The number of hydrogen-bond donors (Lipinski definition) is 2. The van der Waals surface area contributed by atoms with E-state index < -0.39 is 16.8 Å². The summed E-state index contributed by atoms with van der Waals surface area (Å²) in [5.41, 5.74) is 1.09. The van der Waals surface area contributed by atoms with E-state index in [4.69, 9.17) is 4.74 Å². The number of benzene rings is 1. The Labute approximate surface area is 172 Å². The molecule has 0 atom stereocenters. The topological polar surface area (TPSA) is 115 Å². The molecule has 1 amide bonds. The van der Waals surface area contributed by atoms with Crippen LogP contribution in [0.25, 0.3) is 0 Å². The van der Waals surface area contributed by atoms with Crippen molar-refractivity contribution in [1.29, 1.82) is 0 Å². The van der Waals surface area contributed by atoms with Crippen molar-refractivity contribution in [3.63, 3.8) is 0 Å². The first-order valence-corrected chi connectivity index (χ1v) is 9.94. The molecule has 0 saturated heterocycles. The molecule has 1 aromatic carbocycles. The lowest BCUT2D eigenvalue weighted by Crippen LogP contribution is -3.03. The number of nitro groups is 1. The van der Waals surface area contributed by atoms with E-state index in [1.165, 1.54) is 42.7 Å². The van der Waals surface area contributed by atoms with Gasteiger partial charge in [0.25, 0.3) is 11.6 Å². The van der Waals surface area contributed by atoms with Crippen molar-refractivity contribution in [3.8, 4) is 0 Å². The Morgan fingerprint density at radius 3 is 2.38 bits per heavy atom. The minimum atomic E-state index is -0.523. The number of carbonyl (C=O) groups excluding carboxylic acids is 2. The fourth-order valence-corrected chi connectivity index (χ4v) is 5.30. The number of nitro benzene ring substituents is 1. The molecule has 0 spiro atoms. The monoisotopic (exact) mass is 418 g/mol. The average molecular weight is 418 g/mol. The number of non-ortho nitro benzene ring substituents is 1. The van der Waals surface area contributed by atoms with Crippen molar-refractivity contribution < 1.29 is 24.6 Å². The number of anilines is 1. The van der Waals surface area contributed by atoms with Crippen LogP contribution in [0.4, 0.5) is 10.7 Å². The van der Waals surface area contributed by atoms with E-state index in [1.807, 2.05) is 0 Å². The minimum Gasteiger partial charge on any atom is -0.465 e. The Hall–Kier alpha value is -2.78. The molecule has 9 heteroatoms. The molecule has 0 radical (unpaired) electrons. The lowest BCUT2D eigenvalue weighted by Gasteiger charge is -2.38. The van der Waals surface area contributed by atoms with Crippen LogP contribution in [-0.4, -0.2) is 29.4 Å². The van der Waals surface area contributed by atoms with Gasteiger partial charge in [-0.1, -0.05) is 0 Å². The summed E-state index contributed by atoms with van der Waals surface area (Å²) in [5, 5.41) is 16.3. The summed E-state index contributed by atoms with van der Waals surface area (Å²) < 4.78 is 5.00. The number of quaternary nitrogens is 1. The second-order valence-corrected chi connectivity index (χ2v) is 9.42. The van der Waals surface area contributed by atoms with Gasteiger partial charge in [0.15, 0.2) is 0 Å². The number of rotatable bonds is 4. The molecular formula is C20H24N3O5S+. The second kappa shape index (κ2) is 7.23. The maximum atomic E-state index is 12.7. The highest BCUT2D eigenvalue weighted by Crippen LogP contribution is 2.42. The molecule has 154 valence electrons. The van der Waals surface area contributed by atoms with Gasteiger partial charge < -0.3 is 15.4 Å². The molecule has 2 heterocycles. The van der Waals surface area contributed by atoms with Gasteiger partial charge >= 0.3 is 5.97 Å². The molecule has 0 aliphatic carbocycles. The summed E-state index contributed by atoms with van der Waals surface area (Å²) in [6, 6.07) is 5.32. The van der Waals surface area contributed by atoms with Crippen LogP contribution in [0, 0.1) is 10.1 Å². The van der Waals surface area contributed by atoms with E-state index in [0.29, 0.717) is 17.0 Å². The van der Waals surface area contributed by atoms with Gasteiger partial charge in [-0.05, 0) is 45.4 Å². The summed E-state index contributed by atoms with van der Waals surface area (Å²) in [7, 11) is 1.32. The molecule has 3 N–H and O–H groups in total. The van der Waals surface area contributed by atoms with Gasteiger partial charge in [-0.25, -0.2) is 4.79 Å². The minimum absolute atomic E-state index is 0.0945. The number of methoxy groups -OCH3 is 1. The van der Waals surface area contributed by atoms with Crippen molar-refractivity contribution in [2.45, 2.75) is 45.2 Å². The standard InChI is InChI=1S/C20H23N3O5S/c1-19(2)10-13-14(18(25)28-5)17(29-15(13)20(3,4)22-19)21-16(24)11-6-8-12(9-7-11)23(26)27/h6-9,22H,10H2,1-5H3,(H,21,24)/p+1. The number of hydrogen-bond acceptors (Lipinski definition) is 6. The molecule has 0 bridgehead atoms. The Kier molecular flexibility index (Phi) is 5.22. The average Bonchev–Trinajstić information content (AvgIpc) is 2.98. The van der Waals surface area contributed by atoms with Crippen LogP contribution in [0.2, 0.25) is 0 Å². The molecule has 29 heavy (non-hydrogen) atoms. The van der Waals surface area contributed by atoms with Gasteiger partial charge in [0, 0.05) is 24.1 Å². The highest BCUT2D eigenvalue weighted by Gasteiger charge is 2.45. The first-order valence-electron chi connectivity index (χ1n) is 9.12. The Balaban J connectivity index is 2.01. The summed E-state index contributed by atoms with van der Waals surface area (Å²) in [6.45, 7) is 8.41. The van der Waals surface area contributed by atoms with Gasteiger partial charge in [0.2, 0.25) is 0 Å². The van der Waals surface area contributed by atoms with E-state index >= 15 is 0 Å². The van der Waals surface area contributed by atoms with Crippen molar-refractivity contribution in [2.75, 3.05) is 12.4 Å². The van der Waals surface area contributed by atoms with Gasteiger partial charge in [-0.3, -0.25) is 14.9 Å². The first kappa shape index (κ1) is 20.9. The molecule has 0 saturated carbocycles. The van der Waals surface area contributed by atoms with Crippen molar-refractivity contribution in [1.82, 2.24) is 0 Å². The molecule has 3 rings (SSSR count). The summed E-state index contributed by atoms with van der Waals surface area (Å²) >= 11 is 1.37. The number of nitrogens with one attached hydrogen (secondary N) is 1. The van der Waals surface area contributed by atoms with E-state index in [1.54, 1.807) is 0 Å². The zero-order chi connectivity index (χ0) is 21.6. The van der Waals surface area contributed by atoms with Crippen LogP contribution in [0.3, 0.4) is 0 Å². The predicted octanol–water partition coefficient (Wildman–Crippen LogP) is 2.83.